The van der Waals surface area contributed by atoms with Crippen LogP contribution in [-0.2, 0) is 9.84 Å². The van der Waals surface area contributed by atoms with Gasteiger partial charge in [0.2, 0.25) is 0 Å². The number of nitrogens with zero attached hydrogens (tertiary/aromatic N) is 4. The summed E-state index contributed by atoms with van der Waals surface area (Å²) in [7, 11) is -3.06. The lowest BCUT2D eigenvalue weighted by atomic mass is 10.2. The van der Waals surface area contributed by atoms with E-state index >= 15 is 0 Å². The second kappa shape index (κ2) is 6.87. The van der Waals surface area contributed by atoms with Gasteiger partial charge in [0.1, 0.15) is 0 Å². The fraction of sp³-hybridized carbons (Fsp3) is 0.438. The fourth-order valence-electron chi connectivity index (χ4n) is 3.10. The second-order valence-corrected chi connectivity index (χ2v) is 9.21. The van der Waals surface area contributed by atoms with Gasteiger partial charge in [-0.3, -0.25) is 4.79 Å². The maximum Gasteiger partial charge on any atom is 0.276 e. The molecule has 1 unspecified atom stereocenters. The maximum absolute atomic E-state index is 12.9. The highest BCUT2D eigenvalue weighted by Crippen LogP contribution is 2.22. The van der Waals surface area contributed by atoms with Crippen LogP contribution >= 0.6 is 15.9 Å². The molecule has 3 rings (SSSR count). The van der Waals surface area contributed by atoms with E-state index in [-0.39, 0.29) is 29.1 Å². The molecule has 1 aliphatic rings. The molecular weight excluding hydrogens is 408 g/mol. The number of aromatic nitrogens is 3. The Kier molecular flexibility index (Phi) is 4.97. The van der Waals surface area contributed by atoms with Gasteiger partial charge in [-0.15, -0.1) is 5.10 Å². The van der Waals surface area contributed by atoms with Crippen molar-refractivity contribution in [2.24, 2.45) is 0 Å². The molecule has 0 saturated carbocycles. The van der Waals surface area contributed by atoms with E-state index in [2.05, 4.69) is 26.2 Å². The molecule has 1 aliphatic heterocycles. The van der Waals surface area contributed by atoms with Crippen molar-refractivity contribution in [3.63, 3.8) is 0 Å². The first-order chi connectivity index (χ1) is 11.8. The molecule has 0 bridgehead atoms. The molecule has 1 amide bonds. The number of carbonyl (C=O) groups is 1. The molecule has 9 heteroatoms. The predicted octanol–water partition coefficient (Wildman–Crippen LogP) is 1.99. The van der Waals surface area contributed by atoms with Crippen LogP contribution < -0.4 is 0 Å². The van der Waals surface area contributed by atoms with Crippen molar-refractivity contribution >= 4 is 31.7 Å². The van der Waals surface area contributed by atoms with Crippen LogP contribution in [0.25, 0.3) is 5.69 Å². The van der Waals surface area contributed by atoms with Crippen molar-refractivity contribution in [2.45, 2.75) is 26.3 Å². The minimum atomic E-state index is -3.06. The van der Waals surface area contributed by atoms with Gasteiger partial charge in [-0.25, -0.2) is 13.1 Å². The molecule has 0 N–H and O–H groups in total. The average Bonchev–Trinajstić information content (AvgIpc) is 3.10. The summed E-state index contributed by atoms with van der Waals surface area (Å²) in [5.74, 6) is -0.125. The van der Waals surface area contributed by atoms with Gasteiger partial charge < -0.3 is 4.90 Å². The van der Waals surface area contributed by atoms with Gasteiger partial charge in [-0.1, -0.05) is 27.2 Å². The Bertz CT molecular complexity index is 910. The monoisotopic (exact) mass is 426 g/mol. The highest BCUT2D eigenvalue weighted by molar-refractivity contribution is 9.10. The quantitative estimate of drug-likeness (QED) is 0.745. The van der Waals surface area contributed by atoms with E-state index in [9.17, 15) is 13.2 Å². The van der Waals surface area contributed by atoms with Gasteiger partial charge >= 0.3 is 0 Å². The number of benzene rings is 1. The summed E-state index contributed by atoms with van der Waals surface area (Å²) in [4.78, 5) is 14.5. The van der Waals surface area contributed by atoms with Crippen molar-refractivity contribution in [3.05, 3.63) is 40.1 Å². The first-order valence-corrected chi connectivity index (χ1v) is 10.6. The molecule has 1 aromatic heterocycles. The van der Waals surface area contributed by atoms with Crippen molar-refractivity contribution in [2.75, 3.05) is 18.1 Å². The highest BCUT2D eigenvalue weighted by atomic mass is 79.9. The van der Waals surface area contributed by atoms with Gasteiger partial charge in [-0.2, -0.15) is 0 Å². The lowest BCUT2D eigenvalue weighted by molar-refractivity contribution is 0.0701. The zero-order chi connectivity index (χ0) is 18.2. The molecule has 134 valence electrons. The third kappa shape index (κ3) is 3.62. The number of carbonyl (C=O) groups excluding carboxylic acids is 1. The number of amides is 1. The van der Waals surface area contributed by atoms with Gasteiger partial charge in [0.25, 0.3) is 5.91 Å². The summed E-state index contributed by atoms with van der Waals surface area (Å²) in [6.45, 7) is 4.06. The Balaban J connectivity index is 1.90. The number of rotatable bonds is 4. The van der Waals surface area contributed by atoms with Crippen LogP contribution in [0, 0.1) is 6.92 Å². The van der Waals surface area contributed by atoms with E-state index in [4.69, 9.17) is 0 Å². The molecule has 1 aromatic carbocycles. The van der Waals surface area contributed by atoms with E-state index in [0.29, 0.717) is 18.7 Å². The summed E-state index contributed by atoms with van der Waals surface area (Å²) < 4.78 is 26.0. The summed E-state index contributed by atoms with van der Waals surface area (Å²) in [5, 5.41) is 8.16. The third-order valence-corrected chi connectivity index (χ3v) is 6.64. The normalized spacial score (nSPS) is 19.1. The minimum Gasteiger partial charge on any atom is -0.333 e. The van der Waals surface area contributed by atoms with E-state index in [1.165, 1.54) is 0 Å². The molecule has 1 saturated heterocycles. The standard InChI is InChI=1S/C16H19BrN4O3S/c1-3-20(14-7-8-25(23,24)10-14)16(22)15-11(2)21(19-18-15)13-6-4-5-12(17)9-13/h4-6,9,14H,3,7-8,10H2,1-2H3. The van der Waals surface area contributed by atoms with Crippen LogP contribution in [0.4, 0.5) is 0 Å². The lowest BCUT2D eigenvalue weighted by Gasteiger charge is -2.26. The molecule has 0 spiro atoms. The third-order valence-electron chi connectivity index (χ3n) is 4.40. The smallest absolute Gasteiger partial charge is 0.276 e. The molecule has 1 atom stereocenters. The van der Waals surface area contributed by atoms with Crippen molar-refractivity contribution in [1.29, 1.82) is 0 Å². The molecule has 0 aliphatic carbocycles. The van der Waals surface area contributed by atoms with E-state index in [0.717, 1.165) is 10.2 Å². The molecule has 0 radical (unpaired) electrons. The van der Waals surface area contributed by atoms with E-state index in [1.54, 1.807) is 16.5 Å². The molecule has 7 nitrogen and oxygen atoms in total. The molecule has 2 heterocycles. The van der Waals surface area contributed by atoms with Crippen LogP contribution in [0.5, 0.6) is 0 Å². The summed E-state index contributed by atoms with van der Waals surface area (Å²) >= 11 is 3.42. The second-order valence-electron chi connectivity index (χ2n) is 6.06. The van der Waals surface area contributed by atoms with Crippen LogP contribution in [0.1, 0.15) is 29.5 Å². The number of hydrogen-bond acceptors (Lipinski definition) is 5. The van der Waals surface area contributed by atoms with Crippen molar-refractivity contribution in [1.82, 2.24) is 19.9 Å². The van der Waals surface area contributed by atoms with Gasteiger partial charge in [0.15, 0.2) is 15.5 Å². The zero-order valence-corrected chi connectivity index (χ0v) is 16.4. The summed E-state index contributed by atoms with van der Waals surface area (Å²) in [6.07, 6.45) is 0.473. The summed E-state index contributed by atoms with van der Waals surface area (Å²) in [6, 6.07) is 7.25. The zero-order valence-electron chi connectivity index (χ0n) is 14.0. The Morgan fingerprint density at radius 3 is 2.80 bits per heavy atom. The van der Waals surface area contributed by atoms with Crippen LogP contribution in [0.2, 0.25) is 0 Å². The average molecular weight is 427 g/mol. The highest BCUT2D eigenvalue weighted by Gasteiger charge is 2.35. The molecular formula is C16H19BrN4O3S. The van der Waals surface area contributed by atoms with Crippen LogP contribution in [0.3, 0.4) is 0 Å². The predicted molar refractivity (Wildman–Crippen MR) is 97.6 cm³/mol. The SMILES string of the molecule is CCN(C(=O)c1nnn(-c2cccc(Br)c2)c1C)C1CCS(=O)(=O)C1. The van der Waals surface area contributed by atoms with E-state index in [1.807, 2.05) is 31.2 Å². The van der Waals surface area contributed by atoms with Crippen LogP contribution in [-0.4, -0.2) is 58.3 Å². The Morgan fingerprint density at radius 1 is 1.44 bits per heavy atom. The largest absolute Gasteiger partial charge is 0.333 e. The Hall–Kier alpha value is -1.74. The van der Waals surface area contributed by atoms with E-state index < -0.39 is 9.84 Å². The number of sulfone groups is 1. The van der Waals surface area contributed by atoms with Crippen molar-refractivity contribution < 1.29 is 13.2 Å². The minimum absolute atomic E-state index is 0.0192. The Labute approximate surface area is 155 Å². The topological polar surface area (TPSA) is 85.2 Å². The van der Waals surface area contributed by atoms with Crippen molar-refractivity contribution in [3.8, 4) is 5.69 Å². The van der Waals surface area contributed by atoms with Crippen LogP contribution in [0.15, 0.2) is 28.7 Å². The Morgan fingerprint density at radius 2 is 2.20 bits per heavy atom. The molecule has 1 fully saturated rings. The van der Waals surface area contributed by atoms with Gasteiger partial charge in [0, 0.05) is 17.1 Å². The maximum atomic E-state index is 12.9. The summed E-state index contributed by atoms with van der Waals surface area (Å²) in [5.41, 5.74) is 1.68. The molecule has 2 aromatic rings. The first-order valence-electron chi connectivity index (χ1n) is 8.02. The molecule has 25 heavy (non-hydrogen) atoms. The van der Waals surface area contributed by atoms with Gasteiger partial charge in [-0.05, 0) is 38.5 Å². The lowest BCUT2D eigenvalue weighted by Crippen LogP contribution is -2.41. The van der Waals surface area contributed by atoms with Gasteiger partial charge in [0.05, 0.1) is 22.9 Å². The number of halogens is 1. The first kappa shape index (κ1) is 18.1. The number of hydrogen-bond donors (Lipinski definition) is 0. The fourth-order valence-corrected chi connectivity index (χ4v) is 5.22.